The summed E-state index contributed by atoms with van der Waals surface area (Å²) in [6.45, 7) is 5.22. The largest absolute Gasteiger partial charge is 0.478 e. The number of carbonyl (C=O) groups excluding carboxylic acids is 2. The highest BCUT2D eigenvalue weighted by Gasteiger charge is 2.35. The molecule has 33 heavy (non-hydrogen) atoms. The maximum Gasteiger partial charge on any atom is 0.408 e. The number of hydrogen-bond donors (Lipinski definition) is 3. The standard InChI is InChI=1S/C26H30N2O5/c1-4-14-26(3,24(31)27-15-13-17(2)23(29)30)28-25(32)33-16-22-20-11-7-5-9-18(20)19-10-6-8-12-21(19)22/h5-13,22H,4,14-16H2,1-3H3,(H,27,31)(H,28,32)(H,29,30)/b17-13+. The van der Waals surface area contributed by atoms with Gasteiger partial charge in [0.25, 0.3) is 0 Å². The molecule has 174 valence electrons. The lowest BCUT2D eigenvalue weighted by Crippen LogP contribution is -2.57. The maximum atomic E-state index is 12.8. The van der Waals surface area contributed by atoms with Crippen LogP contribution >= 0.6 is 0 Å². The molecule has 0 radical (unpaired) electrons. The van der Waals surface area contributed by atoms with E-state index in [1.165, 1.54) is 13.0 Å². The van der Waals surface area contributed by atoms with E-state index in [1.54, 1.807) is 6.92 Å². The molecule has 2 aromatic carbocycles. The number of alkyl carbamates (subject to hydrolysis) is 1. The number of carboxylic acids is 1. The highest BCUT2D eigenvalue weighted by molar-refractivity contribution is 5.90. The van der Waals surface area contributed by atoms with E-state index in [1.807, 2.05) is 43.3 Å². The third-order valence-corrected chi connectivity index (χ3v) is 5.98. The van der Waals surface area contributed by atoms with Crippen molar-refractivity contribution in [2.24, 2.45) is 0 Å². The molecule has 0 aromatic heterocycles. The van der Waals surface area contributed by atoms with Crippen LogP contribution in [0.3, 0.4) is 0 Å². The minimum Gasteiger partial charge on any atom is -0.478 e. The molecule has 2 amide bonds. The monoisotopic (exact) mass is 450 g/mol. The number of amides is 2. The van der Waals surface area contributed by atoms with E-state index in [0.717, 1.165) is 22.3 Å². The lowest BCUT2D eigenvalue weighted by molar-refractivity contribution is -0.132. The number of fused-ring (bicyclic) bond motifs is 3. The lowest BCUT2D eigenvalue weighted by Gasteiger charge is -2.29. The van der Waals surface area contributed by atoms with E-state index in [2.05, 4.69) is 22.8 Å². The summed E-state index contributed by atoms with van der Waals surface area (Å²) in [6.07, 6.45) is 1.82. The van der Waals surface area contributed by atoms with E-state index in [4.69, 9.17) is 9.84 Å². The Morgan fingerprint density at radius 1 is 1.06 bits per heavy atom. The van der Waals surface area contributed by atoms with Gasteiger partial charge in [0.2, 0.25) is 5.91 Å². The van der Waals surface area contributed by atoms with Crippen molar-refractivity contribution in [1.29, 1.82) is 0 Å². The van der Waals surface area contributed by atoms with Crippen LogP contribution in [0, 0.1) is 0 Å². The molecule has 0 heterocycles. The summed E-state index contributed by atoms with van der Waals surface area (Å²) in [5.74, 6) is -1.51. The molecule has 0 aliphatic heterocycles. The smallest absolute Gasteiger partial charge is 0.408 e. The van der Waals surface area contributed by atoms with Crippen LogP contribution < -0.4 is 10.6 Å². The molecule has 1 aliphatic carbocycles. The predicted octanol–water partition coefficient (Wildman–Crippen LogP) is 4.23. The zero-order valence-corrected chi connectivity index (χ0v) is 19.2. The SMILES string of the molecule is CCCC(C)(NC(=O)OCC1c2ccccc2-c2ccccc21)C(=O)NC/C=C(\C)C(=O)O. The first-order chi connectivity index (χ1) is 15.8. The van der Waals surface area contributed by atoms with Crippen LogP contribution in [0.1, 0.15) is 50.7 Å². The Labute approximate surface area is 193 Å². The number of rotatable bonds is 9. The van der Waals surface area contributed by atoms with Crippen LogP contribution in [0.25, 0.3) is 11.1 Å². The van der Waals surface area contributed by atoms with Crippen molar-refractivity contribution in [3.05, 3.63) is 71.3 Å². The van der Waals surface area contributed by atoms with Crippen molar-refractivity contribution in [3.8, 4) is 11.1 Å². The van der Waals surface area contributed by atoms with Crippen molar-refractivity contribution in [3.63, 3.8) is 0 Å². The van der Waals surface area contributed by atoms with Gasteiger partial charge in [-0.15, -0.1) is 0 Å². The first-order valence-corrected chi connectivity index (χ1v) is 11.1. The van der Waals surface area contributed by atoms with Crippen molar-refractivity contribution < 1.29 is 24.2 Å². The molecular weight excluding hydrogens is 420 g/mol. The number of ether oxygens (including phenoxy) is 1. The molecule has 7 nitrogen and oxygen atoms in total. The van der Waals surface area contributed by atoms with Gasteiger partial charge < -0.3 is 20.5 Å². The van der Waals surface area contributed by atoms with E-state index in [0.29, 0.717) is 12.8 Å². The quantitative estimate of drug-likeness (QED) is 0.496. The number of hydrogen-bond acceptors (Lipinski definition) is 4. The third kappa shape index (κ3) is 5.42. The Morgan fingerprint density at radius 3 is 2.18 bits per heavy atom. The number of benzene rings is 2. The van der Waals surface area contributed by atoms with Crippen LogP contribution in [0.5, 0.6) is 0 Å². The topological polar surface area (TPSA) is 105 Å². The number of carboxylic acid groups (broad SMARTS) is 1. The van der Waals surface area contributed by atoms with Crippen LogP contribution in [-0.4, -0.2) is 41.8 Å². The predicted molar refractivity (Wildman–Crippen MR) is 126 cm³/mol. The highest BCUT2D eigenvalue weighted by Crippen LogP contribution is 2.44. The van der Waals surface area contributed by atoms with Gasteiger partial charge in [-0.2, -0.15) is 0 Å². The number of nitrogens with one attached hydrogen (secondary N) is 2. The Bertz CT molecular complexity index is 1030. The Hall–Kier alpha value is -3.61. The molecule has 3 rings (SSSR count). The first kappa shape index (κ1) is 24.0. The Morgan fingerprint density at radius 2 is 1.64 bits per heavy atom. The van der Waals surface area contributed by atoms with Gasteiger partial charge in [-0.1, -0.05) is 68.0 Å². The number of carbonyl (C=O) groups is 3. The first-order valence-electron chi connectivity index (χ1n) is 11.1. The van der Waals surface area contributed by atoms with Crippen molar-refractivity contribution in [1.82, 2.24) is 10.6 Å². The second-order valence-corrected chi connectivity index (χ2v) is 8.43. The molecule has 7 heteroatoms. The summed E-state index contributed by atoms with van der Waals surface area (Å²) >= 11 is 0. The fraction of sp³-hybridized carbons (Fsp3) is 0.346. The van der Waals surface area contributed by atoms with Gasteiger partial charge >= 0.3 is 12.1 Å². The van der Waals surface area contributed by atoms with Gasteiger partial charge in [0.1, 0.15) is 12.1 Å². The Kier molecular flexibility index (Phi) is 7.53. The highest BCUT2D eigenvalue weighted by atomic mass is 16.5. The van der Waals surface area contributed by atoms with Gasteiger partial charge in [-0.25, -0.2) is 9.59 Å². The molecule has 3 N–H and O–H groups in total. The summed E-state index contributed by atoms with van der Waals surface area (Å²) in [4.78, 5) is 36.4. The average molecular weight is 451 g/mol. The lowest BCUT2D eigenvalue weighted by atomic mass is 9.95. The minimum absolute atomic E-state index is 0.0582. The molecule has 0 saturated heterocycles. The molecule has 1 aliphatic rings. The van der Waals surface area contributed by atoms with Crippen molar-refractivity contribution in [2.45, 2.75) is 45.1 Å². The molecule has 1 unspecified atom stereocenters. The average Bonchev–Trinajstić information content (AvgIpc) is 3.11. The molecule has 2 aromatic rings. The minimum atomic E-state index is -1.18. The third-order valence-electron chi connectivity index (χ3n) is 5.98. The normalized spacial score (nSPS) is 14.6. The summed E-state index contributed by atoms with van der Waals surface area (Å²) in [5, 5.41) is 14.3. The summed E-state index contributed by atoms with van der Waals surface area (Å²) < 4.78 is 5.59. The Balaban J connectivity index is 1.65. The van der Waals surface area contributed by atoms with Gasteiger partial charge in [0.15, 0.2) is 0 Å². The molecule has 0 spiro atoms. The van der Waals surface area contributed by atoms with Gasteiger partial charge in [0, 0.05) is 18.0 Å². The zero-order chi connectivity index (χ0) is 24.0. The van der Waals surface area contributed by atoms with Crippen LogP contribution in [-0.2, 0) is 14.3 Å². The maximum absolute atomic E-state index is 12.8. The molecule has 0 saturated carbocycles. The molecular formula is C26H30N2O5. The molecule has 1 atom stereocenters. The van der Waals surface area contributed by atoms with Crippen molar-refractivity contribution >= 4 is 18.0 Å². The molecule has 0 bridgehead atoms. The fourth-order valence-corrected chi connectivity index (χ4v) is 4.17. The van der Waals surface area contributed by atoms with Crippen LogP contribution in [0.4, 0.5) is 4.79 Å². The second kappa shape index (κ2) is 10.3. The summed E-state index contributed by atoms with van der Waals surface area (Å²) in [5.41, 5.74) is 3.46. The fourth-order valence-electron chi connectivity index (χ4n) is 4.17. The summed E-state index contributed by atoms with van der Waals surface area (Å²) in [6, 6.07) is 16.2. The number of aliphatic carboxylic acids is 1. The molecule has 0 fully saturated rings. The summed E-state index contributed by atoms with van der Waals surface area (Å²) in [7, 11) is 0. The van der Waals surface area contributed by atoms with Gasteiger partial charge in [-0.3, -0.25) is 4.79 Å². The van der Waals surface area contributed by atoms with Crippen LogP contribution in [0.2, 0.25) is 0 Å². The van der Waals surface area contributed by atoms with Crippen molar-refractivity contribution in [2.75, 3.05) is 13.2 Å². The van der Waals surface area contributed by atoms with E-state index in [-0.39, 0.29) is 24.6 Å². The van der Waals surface area contributed by atoms with Gasteiger partial charge in [0.05, 0.1) is 0 Å². The second-order valence-electron chi connectivity index (χ2n) is 8.43. The van der Waals surface area contributed by atoms with Crippen LogP contribution in [0.15, 0.2) is 60.2 Å². The zero-order valence-electron chi connectivity index (χ0n) is 19.2. The van der Waals surface area contributed by atoms with Gasteiger partial charge in [-0.05, 0) is 42.5 Å². The van der Waals surface area contributed by atoms with E-state index >= 15 is 0 Å². The van der Waals surface area contributed by atoms with E-state index < -0.39 is 23.5 Å². The van der Waals surface area contributed by atoms with E-state index in [9.17, 15) is 14.4 Å².